The first-order valence-electron chi connectivity index (χ1n) is 6.01. The fraction of sp³-hybridized carbons (Fsp3) is 0.143. The van der Waals surface area contributed by atoms with E-state index in [2.05, 4.69) is 10.6 Å². The van der Waals surface area contributed by atoms with E-state index in [-0.39, 0.29) is 5.56 Å². The molecule has 0 aliphatic carbocycles. The van der Waals surface area contributed by atoms with Gasteiger partial charge in [-0.3, -0.25) is 0 Å². The molecular weight excluding hydrogens is 276 g/mol. The van der Waals surface area contributed by atoms with E-state index < -0.39 is 5.97 Å². The molecule has 1 aromatic heterocycles. The lowest BCUT2D eigenvalue weighted by Crippen LogP contribution is -2.34. The molecule has 0 aliphatic rings. The number of benzene rings is 1. The van der Waals surface area contributed by atoms with Gasteiger partial charge in [0.15, 0.2) is 5.11 Å². The van der Waals surface area contributed by atoms with E-state index in [0.29, 0.717) is 18.2 Å². The molecule has 2 rings (SSSR count). The molecule has 104 valence electrons. The van der Waals surface area contributed by atoms with Crippen LogP contribution in [0.4, 0.5) is 0 Å². The smallest absolute Gasteiger partial charge is 0.335 e. The van der Waals surface area contributed by atoms with Crippen molar-refractivity contribution < 1.29 is 14.3 Å². The Hall–Kier alpha value is -2.34. The standard InChI is InChI=1S/C14H14N2O3S/c17-13(18)11-5-3-10(4-6-11)8-15-14(20)16-9-12-2-1-7-19-12/h1-7H,8-9H2,(H,17,18)(H2,15,16,20). The van der Waals surface area contributed by atoms with Crippen molar-refractivity contribution in [1.82, 2.24) is 10.6 Å². The zero-order chi connectivity index (χ0) is 14.4. The Bertz CT molecular complexity index is 579. The molecule has 0 spiro atoms. The average Bonchev–Trinajstić information content (AvgIpc) is 2.96. The van der Waals surface area contributed by atoms with Crippen LogP contribution in [-0.4, -0.2) is 16.2 Å². The van der Waals surface area contributed by atoms with Gasteiger partial charge in [-0.2, -0.15) is 0 Å². The Kier molecular flexibility index (Phi) is 4.73. The van der Waals surface area contributed by atoms with Crippen LogP contribution in [0.5, 0.6) is 0 Å². The fourth-order valence-electron chi connectivity index (χ4n) is 1.59. The number of hydrogen-bond acceptors (Lipinski definition) is 3. The van der Waals surface area contributed by atoms with E-state index in [9.17, 15) is 4.79 Å². The maximum absolute atomic E-state index is 10.7. The molecule has 0 amide bonds. The molecule has 3 N–H and O–H groups in total. The van der Waals surface area contributed by atoms with Crippen molar-refractivity contribution in [2.75, 3.05) is 0 Å². The first kappa shape index (κ1) is 14.1. The highest BCUT2D eigenvalue weighted by Crippen LogP contribution is 2.04. The van der Waals surface area contributed by atoms with E-state index in [1.165, 1.54) is 0 Å². The number of carboxylic acids is 1. The predicted octanol–water partition coefficient (Wildman–Crippen LogP) is 2.14. The number of hydrogen-bond donors (Lipinski definition) is 3. The van der Waals surface area contributed by atoms with E-state index in [4.69, 9.17) is 21.7 Å². The third-order valence-corrected chi connectivity index (χ3v) is 2.95. The third-order valence-electron chi connectivity index (χ3n) is 2.66. The first-order chi connectivity index (χ1) is 9.65. The highest BCUT2D eigenvalue weighted by Gasteiger charge is 2.02. The lowest BCUT2D eigenvalue weighted by atomic mass is 10.1. The second-order valence-corrected chi connectivity index (χ2v) is 4.53. The van der Waals surface area contributed by atoms with Crippen LogP contribution < -0.4 is 10.6 Å². The maximum atomic E-state index is 10.7. The number of thiocarbonyl (C=S) groups is 1. The van der Waals surface area contributed by atoms with Gasteiger partial charge < -0.3 is 20.2 Å². The minimum Gasteiger partial charge on any atom is -0.478 e. The van der Waals surface area contributed by atoms with E-state index >= 15 is 0 Å². The molecule has 0 saturated heterocycles. The summed E-state index contributed by atoms with van der Waals surface area (Å²) in [4.78, 5) is 10.7. The molecule has 0 radical (unpaired) electrons. The number of carbonyl (C=O) groups is 1. The molecule has 20 heavy (non-hydrogen) atoms. The van der Waals surface area contributed by atoms with Crippen LogP contribution in [0.15, 0.2) is 47.1 Å². The number of aromatic carboxylic acids is 1. The van der Waals surface area contributed by atoms with Crippen LogP contribution in [0, 0.1) is 0 Å². The molecular formula is C14H14N2O3S. The summed E-state index contributed by atoms with van der Waals surface area (Å²) in [6.45, 7) is 1.06. The summed E-state index contributed by atoms with van der Waals surface area (Å²) in [6.07, 6.45) is 1.61. The van der Waals surface area contributed by atoms with Gasteiger partial charge in [-0.15, -0.1) is 0 Å². The number of furan rings is 1. The Labute approximate surface area is 121 Å². The average molecular weight is 290 g/mol. The molecule has 0 bridgehead atoms. The third kappa shape index (κ3) is 4.10. The minimum atomic E-state index is -0.930. The van der Waals surface area contributed by atoms with E-state index in [0.717, 1.165) is 11.3 Å². The van der Waals surface area contributed by atoms with Crippen molar-refractivity contribution in [2.24, 2.45) is 0 Å². The van der Waals surface area contributed by atoms with Gasteiger partial charge in [0.1, 0.15) is 5.76 Å². The Morgan fingerprint density at radius 2 is 1.85 bits per heavy atom. The van der Waals surface area contributed by atoms with Crippen LogP contribution in [0.1, 0.15) is 21.7 Å². The van der Waals surface area contributed by atoms with Crippen molar-refractivity contribution in [3.63, 3.8) is 0 Å². The van der Waals surface area contributed by atoms with Gasteiger partial charge >= 0.3 is 5.97 Å². The second-order valence-electron chi connectivity index (χ2n) is 4.12. The molecule has 0 unspecified atom stereocenters. The normalized spacial score (nSPS) is 10.0. The predicted molar refractivity (Wildman–Crippen MR) is 78.4 cm³/mol. The van der Waals surface area contributed by atoms with Gasteiger partial charge in [-0.05, 0) is 42.0 Å². The topological polar surface area (TPSA) is 74.5 Å². The molecule has 1 heterocycles. The van der Waals surface area contributed by atoms with Crippen LogP contribution in [-0.2, 0) is 13.1 Å². The highest BCUT2D eigenvalue weighted by molar-refractivity contribution is 7.80. The number of carboxylic acid groups (broad SMARTS) is 1. The molecule has 6 heteroatoms. The summed E-state index contributed by atoms with van der Waals surface area (Å²) in [5.41, 5.74) is 1.23. The Balaban J connectivity index is 1.76. The maximum Gasteiger partial charge on any atom is 0.335 e. The summed E-state index contributed by atoms with van der Waals surface area (Å²) >= 11 is 5.14. The monoisotopic (exact) mass is 290 g/mol. The summed E-state index contributed by atoms with van der Waals surface area (Å²) in [7, 11) is 0. The van der Waals surface area contributed by atoms with Crippen molar-refractivity contribution in [3.05, 3.63) is 59.5 Å². The molecule has 5 nitrogen and oxygen atoms in total. The largest absolute Gasteiger partial charge is 0.478 e. The van der Waals surface area contributed by atoms with Crippen LogP contribution in [0.3, 0.4) is 0 Å². The number of nitrogens with one attached hydrogen (secondary N) is 2. The first-order valence-corrected chi connectivity index (χ1v) is 6.42. The van der Waals surface area contributed by atoms with E-state index in [1.54, 1.807) is 30.5 Å². The van der Waals surface area contributed by atoms with E-state index in [1.807, 2.05) is 12.1 Å². The molecule has 2 aromatic rings. The zero-order valence-corrected chi connectivity index (χ0v) is 11.4. The summed E-state index contributed by atoms with van der Waals surface area (Å²) in [5.74, 6) is -0.125. The lowest BCUT2D eigenvalue weighted by Gasteiger charge is -2.09. The molecule has 0 saturated carbocycles. The second kappa shape index (κ2) is 6.72. The van der Waals surface area contributed by atoms with Crippen molar-refractivity contribution in [1.29, 1.82) is 0 Å². The van der Waals surface area contributed by atoms with Crippen molar-refractivity contribution in [3.8, 4) is 0 Å². The quantitative estimate of drug-likeness (QED) is 0.733. The van der Waals surface area contributed by atoms with Crippen LogP contribution >= 0.6 is 12.2 Å². The van der Waals surface area contributed by atoms with Gasteiger partial charge in [0, 0.05) is 6.54 Å². The molecule has 1 aromatic carbocycles. The van der Waals surface area contributed by atoms with Crippen molar-refractivity contribution in [2.45, 2.75) is 13.1 Å². The highest BCUT2D eigenvalue weighted by atomic mass is 32.1. The molecule has 0 atom stereocenters. The molecule has 0 aliphatic heterocycles. The minimum absolute atomic E-state index is 0.271. The Morgan fingerprint density at radius 3 is 2.45 bits per heavy atom. The SMILES string of the molecule is O=C(O)c1ccc(CNC(=S)NCc2ccco2)cc1. The summed E-state index contributed by atoms with van der Waals surface area (Å²) in [5, 5.41) is 15.4. The summed E-state index contributed by atoms with van der Waals surface area (Å²) in [6, 6.07) is 10.3. The lowest BCUT2D eigenvalue weighted by molar-refractivity contribution is 0.0697. The van der Waals surface area contributed by atoms with Gasteiger partial charge in [0.25, 0.3) is 0 Å². The molecule has 0 fully saturated rings. The van der Waals surface area contributed by atoms with Crippen molar-refractivity contribution >= 4 is 23.3 Å². The Morgan fingerprint density at radius 1 is 1.15 bits per heavy atom. The van der Waals surface area contributed by atoms with Gasteiger partial charge in [0.2, 0.25) is 0 Å². The van der Waals surface area contributed by atoms with Crippen LogP contribution in [0.2, 0.25) is 0 Å². The van der Waals surface area contributed by atoms with Gasteiger partial charge in [0.05, 0.1) is 18.4 Å². The number of rotatable bonds is 5. The van der Waals surface area contributed by atoms with Gasteiger partial charge in [-0.25, -0.2) is 4.79 Å². The fourth-order valence-corrected chi connectivity index (χ4v) is 1.73. The summed E-state index contributed by atoms with van der Waals surface area (Å²) < 4.78 is 5.18. The van der Waals surface area contributed by atoms with Crippen LogP contribution in [0.25, 0.3) is 0 Å². The van der Waals surface area contributed by atoms with Gasteiger partial charge in [-0.1, -0.05) is 12.1 Å². The zero-order valence-electron chi connectivity index (χ0n) is 10.6.